The van der Waals surface area contributed by atoms with E-state index in [4.69, 9.17) is 4.42 Å². The van der Waals surface area contributed by atoms with Gasteiger partial charge in [-0.3, -0.25) is 19.3 Å². The average molecular weight is 452 g/mol. The molecule has 0 saturated carbocycles. The predicted octanol–water partition coefficient (Wildman–Crippen LogP) is 5.92. The smallest absolute Gasteiger partial charge is 0.295 e. The van der Waals surface area contributed by atoms with E-state index in [1.54, 1.807) is 29.2 Å². The van der Waals surface area contributed by atoms with Gasteiger partial charge in [-0.15, -0.1) is 0 Å². The summed E-state index contributed by atoms with van der Waals surface area (Å²) >= 11 is 0. The normalized spacial score (nSPS) is 15.1. The molecule has 0 radical (unpaired) electrons. The van der Waals surface area contributed by atoms with Crippen molar-refractivity contribution in [3.8, 4) is 0 Å². The lowest BCUT2D eigenvalue weighted by molar-refractivity contribution is 0.0970. The third-order valence-corrected chi connectivity index (χ3v) is 6.74. The molecule has 2 heterocycles. The molecule has 1 aliphatic heterocycles. The van der Waals surface area contributed by atoms with Gasteiger partial charge in [0.15, 0.2) is 11.2 Å². The summed E-state index contributed by atoms with van der Waals surface area (Å²) in [7, 11) is 0. The number of anilines is 1. The molecule has 0 fully saturated rings. The van der Waals surface area contributed by atoms with Gasteiger partial charge in [-0.2, -0.15) is 0 Å². The van der Waals surface area contributed by atoms with E-state index in [9.17, 15) is 14.4 Å². The lowest BCUT2D eigenvalue weighted by Crippen LogP contribution is -2.29. The maximum atomic E-state index is 13.8. The van der Waals surface area contributed by atoms with Gasteiger partial charge in [-0.05, 0) is 85.8 Å². The average Bonchev–Trinajstić information content (AvgIpc) is 3.13. The molecule has 1 atom stereocenters. The number of ketones is 1. The monoisotopic (exact) mass is 451 g/mol. The molecule has 0 bridgehead atoms. The van der Waals surface area contributed by atoms with Crippen LogP contribution in [0.4, 0.5) is 5.69 Å². The molecule has 5 heteroatoms. The number of benzene rings is 3. The molecule has 1 aromatic heterocycles. The highest BCUT2D eigenvalue weighted by molar-refractivity contribution is 6.11. The van der Waals surface area contributed by atoms with Crippen molar-refractivity contribution in [2.75, 3.05) is 4.90 Å². The summed E-state index contributed by atoms with van der Waals surface area (Å²) < 4.78 is 6.10. The minimum Gasteiger partial charge on any atom is -0.450 e. The molecule has 0 spiro atoms. The lowest BCUT2D eigenvalue weighted by Gasteiger charge is -2.25. The van der Waals surface area contributed by atoms with Gasteiger partial charge in [-0.25, -0.2) is 0 Å². The number of carbonyl (C=O) groups excluding carboxylic acids is 2. The van der Waals surface area contributed by atoms with Crippen molar-refractivity contribution >= 4 is 28.3 Å². The Bertz CT molecular complexity index is 1510. The Labute approximate surface area is 197 Å². The molecular weight excluding hydrogens is 426 g/mol. The van der Waals surface area contributed by atoms with Crippen LogP contribution >= 0.6 is 0 Å². The number of nitrogens with zero attached hydrogens (tertiary/aromatic N) is 1. The molecule has 1 aliphatic rings. The summed E-state index contributed by atoms with van der Waals surface area (Å²) in [5.41, 5.74) is 5.70. The lowest BCUT2D eigenvalue weighted by atomic mass is 9.96. The highest BCUT2D eigenvalue weighted by atomic mass is 16.3. The molecule has 0 N–H and O–H groups in total. The standard InChI is InChI=1S/C29H25NO4/c1-5-19-6-8-21(9-7-19)26-25-27(32)23-14-16(2)17(3)15-24(23)34-28(25)29(33)30(26)22-12-10-20(11-13-22)18(4)31/h6-15,26H,5H2,1-4H3. The highest BCUT2D eigenvalue weighted by Gasteiger charge is 2.43. The van der Waals surface area contributed by atoms with E-state index in [0.717, 1.165) is 23.1 Å². The van der Waals surface area contributed by atoms with Crippen molar-refractivity contribution < 1.29 is 14.0 Å². The first-order valence-electron chi connectivity index (χ1n) is 11.4. The van der Waals surface area contributed by atoms with Crippen molar-refractivity contribution in [3.63, 3.8) is 0 Å². The van der Waals surface area contributed by atoms with E-state index in [1.165, 1.54) is 12.5 Å². The second-order valence-electron chi connectivity index (χ2n) is 8.88. The first-order valence-corrected chi connectivity index (χ1v) is 11.4. The molecule has 170 valence electrons. The predicted molar refractivity (Wildman–Crippen MR) is 133 cm³/mol. The van der Waals surface area contributed by atoms with Crippen LogP contribution in [0.1, 0.15) is 68.6 Å². The summed E-state index contributed by atoms with van der Waals surface area (Å²) in [5.74, 6) is -0.351. The maximum absolute atomic E-state index is 13.8. The van der Waals surface area contributed by atoms with Crippen LogP contribution in [0, 0.1) is 13.8 Å². The molecule has 0 aliphatic carbocycles. The highest BCUT2D eigenvalue weighted by Crippen LogP contribution is 2.41. The minimum absolute atomic E-state index is 0.0527. The van der Waals surface area contributed by atoms with E-state index in [2.05, 4.69) is 6.92 Å². The topological polar surface area (TPSA) is 67.6 Å². The number of fused-ring (bicyclic) bond motifs is 2. The van der Waals surface area contributed by atoms with E-state index >= 15 is 0 Å². The summed E-state index contributed by atoms with van der Waals surface area (Å²) in [6.07, 6.45) is 0.891. The van der Waals surface area contributed by atoms with Crippen molar-refractivity contribution in [1.29, 1.82) is 0 Å². The number of Topliss-reactive ketones (excluding diaryl/α,β-unsaturated/α-hetero) is 1. The maximum Gasteiger partial charge on any atom is 0.295 e. The quantitative estimate of drug-likeness (QED) is 0.361. The van der Waals surface area contributed by atoms with Crippen LogP contribution in [0.25, 0.3) is 11.0 Å². The molecule has 5 nitrogen and oxygen atoms in total. The fraction of sp³-hybridized carbons (Fsp3) is 0.207. The zero-order valence-electron chi connectivity index (χ0n) is 19.6. The first-order chi connectivity index (χ1) is 16.3. The number of rotatable bonds is 4. The van der Waals surface area contributed by atoms with E-state index in [1.807, 2.05) is 50.2 Å². The van der Waals surface area contributed by atoms with Gasteiger partial charge in [0.2, 0.25) is 5.76 Å². The van der Waals surface area contributed by atoms with Crippen molar-refractivity contribution in [1.82, 2.24) is 0 Å². The molecular formula is C29H25NO4. The van der Waals surface area contributed by atoms with Gasteiger partial charge in [0.05, 0.1) is 17.0 Å². The minimum atomic E-state index is -0.626. The Morgan fingerprint density at radius 3 is 2.21 bits per heavy atom. The number of carbonyl (C=O) groups is 2. The summed E-state index contributed by atoms with van der Waals surface area (Å²) in [6, 6.07) is 17.9. The third-order valence-electron chi connectivity index (χ3n) is 6.74. The fourth-order valence-electron chi connectivity index (χ4n) is 4.60. The first kappa shape index (κ1) is 21.8. The second-order valence-corrected chi connectivity index (χ2v) is 8.88. The Hall–Kier alpha value is -3.99. The van der Waals surface area contributed by atoms with Gasteiger partial charge in [0.1, 0.15) is 5.58 Å². The van der Waals surface area contributed by atoms with Crippen LogP contribution in [0.3, 0.4) is 0 Å². The molecule has 0 saturated heterocycles. The molecule has 3 aromatic carbocycles. The van der Waals surface area contributed by atoms with Crippen molar-refractivity contribution in [2.24, 2.45) is 0 Å². The van der Waals surface area contributed by atoms with Crippen LogP contribution in [0.5, 0.6) is 0 Å². The SMILES string of the molecule is CCc1ccc(C2c3c(oc4cc(C)c(C)cc4c3=O)C(=O)N2c2ccc(C(C)=O)cc2)cc1. The number of hydrogen-bond acceptors (Lipinski definition) is 4. The number of aryl methyl sites for hydroxylation is 3. The Balaban J connectivity index is 1.77. The van der Waals surface area contributed by atoms with E-state index in [0.29, 0.717) is 27.8 Å². The van der Waals surface area contributed by atoms with Crippen molar-refractivity contribution in [2.45, 2.75) is 40.2 Å². The summed E-state index contributed by atoms with van der Waals surface area (Å²) in [6.45, 7) is 7.49. The Morgan fingerprint density at radius 1 is 0.941 bits per heavy atom. The third kappa shape index (κ3) is 3.36. The van der Waals surface area contributed by atoms with Gasteiger partial charge >= 0.3 is 0 Å². The molecule has 34 heavy (non-hydrogen) atoms. The Kier molecular flexibility index (Phi) is 5.20. The zero-order valence-corrected chi connectivity index (χ0v) is 19.6. The molecule has 1 unspecified atom stereocenters. The fourth-order valence-corrected chi connectivity index (χ4v) is 4.60. The second kappa shape index (κ2) is 8.10. The summed E-state index contributed by atoms with van der Waals surface area (Å²) in [5, 5.41) is 0.471. The zero-order chi connectivity index (χ0) is 24.1. The molecule has 4 aromatic rings. The Morgan fingerprint density at radius 2 is 1.59 bits per heavy atom. The molecule has 5 rings (SSSR count). The largest absolute Gasteiger partial charge is 0.450 e. The number of amides is 1. The van der Waals surface area contributed by atoms with Crippen LogP contribution < -0.4 is 10.3 Å². The number of hydrogen-bond donors (Lipinski definition) is 0. The van der Waals surface area contributed by atoms with Gasteiger partial charge < -0.3 is 4.42 Å². The van der Waals surface area contributed by atoms with Crippen LogP contribution in [-0.2, 0) is 6.42 Å². The van der Waals surface area contributed by atoms with Gasteiger partial charge in [0.25, 0.3) is 5.91 Å². The van der Waals surface area contributed by atoms with Crippen LogP contribution in [0.15, 0.2) is 69.9 Å². The van der Waals surface area contributed by atoms with Crippen LogP contribution in [-0.4, -0.2) is 11.7 Å². The van der Waals surface area contributed by atoms with E-state index in [-0.39, 0.29) is 22.9 Å². The van der Waals surface area contributed by atoms with E-state index < -0.39 is 6.04 Å². The van der Waals surface area contributed by atoms with Crippen LogP contribution in [0.2, 0.25) is 0 Å². The van der Waals surface area contributed by atoms with Gasteiger partial charge in [0, 0.05) is 11.3 Å². The summed E-state index contributed by atoms with van der Waals surface area (Å²) in [4.78, 5) is 40.8. The van der Waals surface area contributed by atoms with Crippen molar-refractivity contribution in [3.05, 3.63) is 110 Å². The molecule has 1 amide bonds. The van der Waals surface area contributed by atoms with Gasteiger partial charge in [-0.1, -0.05) is 31.2 Å².